The van der Waals surface area contributed by atoms with Gasteiger partial charge >= 0.3 is 5.97 Å². The van der Waals surface area contributed by atoms with Crippen LogP contribution in [-0.4, -0.2) is 11.1 Å². The predicted octanol–water partition coefficient (Wildman–Crippen LogP) is 3.08. The van der Waals surface area contributed by atoms with E-state index in [2.05, 4.69) is 11.9 Å². The Morgan fingerprint density at radius 1 is 1.41 bits per heavy atom. The Labute approximate surface area is 106 Å². The van der Waals surface area contributed by atoms with E-state index in [0.717, 1.165) is 35.4 Å². The minimum absolute atomic E-state index is 0. The molecule has 2 N–H and O–H groups in total. The summed E-state index contributed by atoms with van der Waals surface area (Å²) in [7, 11) is 0. The average molecular weight is 252 g/mol. The summed E-state index contributed by atoms with van der Waals surface area (Å²) in [6.45, 7) is 3.89. The molecule has 1 aliphatic heterocycles. The van der Waals surface area contributed by atoms with Gasteiger partial charge in [0.15, 0.2) is 0 Å². The lowest BCUT2D eigenvalue weighted by molar-refractivity contribution is -0.131. The van der Waals surface area contributed by atoms with Crippen LogP contribution in [0.5, 0.6) is 0 Å². The molecule has 3 nitrogen and oxygen atoms in total. The molecule has 0 saturated carbocycles. The monoisotopic (exact) mass is 251 g/mol. The van der Waals surface area contributed by atoms with Gasteiger partial charge in [0, 0.05) is 17.5 Å². The highest BCUT2D eigenvalue weighted by Crippen LogP contribution is 2.29. The number of hydrogen-bond acceptors (Lipinski definition) is 2. The van der Waals surface area contributed by atoms with Crippen LogP contribution in [0.4, 0.5) is 5.69 Å². The molecule has 4 heteroatoms. The molecular formula is C13H14ClNO2. The third-order valence-electron chi connectivity index (χ3n) is 2.61. The Morgan fingerprint density at radius 2 is 2.18 bits per heavy atom. The first kappa shape index (κ1) is 13.3. The van der Waals surface area contributed by atoms with Gasteiger partial charge in [0.1, 0.15) is 0 Å². The summed E-state index contributed by atoms with van der Waals surface area (Å²) in [6.07, 6.45) is 4.60. The molecular weight excluding hydrogens is 238 g/mol. The second-order valence-corrected chi connectivity index (χ2v) is 3.77. The molecule has 0 aromatic heterocycles. The maximum absolute atomic E-state index is 10.5. The molecule has 0 saturated heterocycles. The highest BCUT2D eigenvalue weighted by molar-refractivity contribution is 5.86. The maximum Gasteiger partial charge on any atom is 0.328 e. The Morgan fingerprint density at radius 3 is 2.88 bits per heavy atom. The van der Waals surface area contributed by atoms with E-state index in [1.165, 1.54) is 6.08 Å². The number of benzene rings is 1. The lowest BCUT2D eigenvalue weighted by atomic mass is 9.96. The van der Waals surface area contributed by atoms with Gasteiger partial charge in [-0.3, -0.25) is 0 Å². The van der Waals surface area contributed by atoms with Crippen molar-refractivity contribution >= 4 is 30.1 Å². The number of anilines is 1. The van der Waals surface area contributed by atoms with Crippen molar-refractivity contribution in [3.63, 3.8) is 0 Å². The van der Waals surface area contributed by atoms with Crippen LogP contribution in [0.25, 0.3) is 6.08 Å². The molecule has 0 atom stereocenters. The van der Waals surface area contributed by atoms with E-state index in [0.29, 0.717) is 0 Å². The quantitative estimate of drug-likeness (QED) is 0.795. The zero-order valence-electron chi connectivity index (χ0n) is 9.27. The van der Waals surface area contributed by atoms with Gasteiger partial charge in [-0.2, -0.15) is 0 Å². The number of aliphatic carboxylic acids is 1. The molecule has 0 unspecified atom stereocenters. The lowest BCUT2D eigenvalue weighted by Gasteiger charge is -2.21. The molecule has 17 heavy (non-hydrogen) atoms. The van der Waals surface area contributed by atoms with Crippen molar-refractivity contribution in [2.75, 3.05) is 5.32 Å². The lowest BCUT2D eigenvalue weighted by Crippen LogP contribution is -2.10. The topological polar surface area (TPSA) is 49.3 Å². The molecule has 1 aliphatic rings. The molecule has 90 valence electrons. The van der Waals surface area contributed by atoms with Crippen LogP contribution in [0.2, 0.25) is 0 Å². The molecule has 0 spiro atoms. The fraction of sp³-hybridized carbons (Fsp3) is 0.154. The smallest absolute Gasteiger partial charge is 0.328 e. The Bertz CT molecular complexity index is 480. The summed E-state index contributed by atoms with van der Waals surface area (Å²) in [5.74, 6) is -0.925. The van der Waals surface area contributed by atoms with E-state index in [-0.39, 0.29) is 12.4 Å². The van der Waals surface area contributed by atoms with Crippen LogP contribution >= 0.6 is 12.4 Å². The minimum atomic E-state index is -0.925. The van der Waals surface area contributed by atoms with E-state index in [1.54, 1.807) is 6.08 Å². The van der Waals surface area contributed by atoms with Gasteiger partial charge in [0.25, 0.3) is 0 Å². The first-order valence-corrected chi connectivity index (χ1v) is 5.14. The largest absolute Gasteiger partial charge is 0.478 e. The summed E-state index contributed by atoms with van der Waals surface area (Å²) in [4.78, 5) is 10.5. The molecule has 0 amide bonds. The highest BCUT2D eigenvalue weighted by Gasteiger charge is 2.12. The van der Waals surface area contributed by atoms with Gasteiger partial charge in [0.2, 0.25) is 0 Å². The first-order valence-electron chi connectivity index (χ1n) is 5.14. The van der Waals surface area contributed by atoms with Crippen molar-refractivity contribution < 1.29 is 9.90 Å². The molecule has 0 bridgehead atoms. The van der Waals surface area contributed by atoms with E-state index in [1.807, 2.05) is 18.2 Å². The number of carbonyl (C=O) groups is 1. The van der Waals surface area contributed by atoms with Crippen molar-refractivity contribution in [3.05, 3.63) is 47.7 Å². The molecule has 0 aliphatic carbocycles. The van der Waals surface area contributed by atoms with Gasteiger partial charge in [-0.25, -0.2) is 4.79 Å². The number of allylic oxidation sites excluding steroid dienone is 1. The Kier molecular flexibility index (Phi) is 4.35. The second kappa shape index (κ2) is 5.55. The third-order valence-corrected chi connectivity index (χ3v) is 2.61. The van der Waals surface area contributed by atoms with Gasteiger partial charge in [0.05, 0.1) is 0 Å². The van der Waals surface area contributed by atoms with Gasteiger partial charge in [-0.1, -0.05) is 18.7 Å². The number of halogens is 1. The van der Waals surface area contributed by atoms with Crippen molar-refractivity contribution in [2.45, 2.75) is 12.8 Å². The Balaban J connectivity index is 0.00000144. The highest BCUT2D eigenvalue weighted by atomic mass is 35.5. The first-order chi connectivity index (χ1) is 7.66. The Hall–Kier alpha value is -1.74. The number of rotatable bonds is 2. The maximum atomic E-state index is 10.5. The minimum Gasteiger partial charge on any atom is -0.478 e. The van der Waals surface area contributed by atoms with Gasteiger partial charge in [-0.15, -0.1) is 12.4 Å². The zero-order chi connectivity index (χ0) is 11.5. The summed E-state index contributed by atoms with van der Waals surface area (Å²) < 4.78 is 0. The number of fused-ring (bicyclic) bond motifs is 1. The summed E-state index contributed by atoms with van der Waals surface area (Å²) in [6, 6.07) is 5.82. The van der Waals surface area contributed by atoms with Crippen molar-refractivity contribution in [3.8, 4) is 0 Å². The third kappa shape index (κ3) is 3.11. The van der Waals surface area contributed by atoms with Crippen LogP contribution in [0, 0.1) is 0 Å². The molecule has 0 fully saturated rings. The summed E-state index contributed by atoms with van der Waals surface area (Å²) in [5.41, 5.74) is 4.16. The second-order valence-electron chi connectivity index (χ2n) is 3.77. The molecule has 1 aromatic carbocycles. The normalized spacial score (nSPS) is 13.8. The van der Waals surface area contributed by atoms with Crippen LogP contribution in [0.1, 0.15) is 17.5 Å². The van der Waals surface area contributed by atoms with E-state index in [9.17, 15) is 4.79 Å². The predicted molar refractivity (Wildman–Crippen MR) is 71.4 cm³/mol. The van der Waals surface area contributed by atoms with E-state index < -0.39 is 5.97 Å². The molecule has 1 heterocycles. The average Bonchev–Trinajstić information content (AvgIpc) is 2.25. The van der Waals surface area contributed by atoms with E-state index >= 15 is 0 Å². The fourth-order valence-corrected chi connectivity index (χ4v) is 1.85. The van der Waals surface area contributed by atoms with Crippen LogP contribution in [0.15, 0.2) is 36.6 Å². The fourth-order valence-electron chi connectivity index (χ4n) is 1.85. The summed E-state index contributed by atoms with van der Waals surface area (Å²) >= 11 is 0. The number of carboxylic acid groups (broad SMARTS) is 1. The standard InChI is InChI=1S/C13H13NO2.ClH/c1-9-5-7-11-10(6-8-13(15)16)3-2-4-12(11)14-9;/h2-4,6,8,14H,1,5,7H2,(H,15,16);1H. The van der Waals surface area contributed by atoms with Crippen molar-refractivity contribution in [1.82, 2.24) is 0 Å². The number of carboxylic acids is 1. The van der Waals surface area contributed by atoms with E-state index in [4.69, 9.17) is 5.11 Å². The van der Waals surface area contributed by atoms with Crippen LogP contribution < -0.4 is 5.32 Å². The van der Waals surface area contributed by atoms with Crippen LogP contribution in [0.3, 0.4) is 0 Å². The summed E-state index contributed by atoms with van der Waals surface area (Å²) in [5, 5.41) is 11.8. The van der Waals surface area contributed by atoms with Crippen molar-refractivity contribution in [2.24, 2.45) is 0 Å². The molecule has 2 rings (SSSR count). The SMILES string of the molecule is C=C1CCc2c(C=CC(=O)O)cccc2N1.Cl. The molecule has 0 radical (unpaired) electrons. The molecule has 1 aromatic rings. The van der Waals surface area contributed by atoms with Gasteiger partial charge in [-0.05, 0) is 36.1 Å². The zero-order valence-corrected chi connectivity index (χ0v) is 10.1. The van der Waals surface area contributed by atoms with Gasteiger partial charge < -0.3 is 10.4 Å². The van der Waals surface area contributed by atoms with Crippen molar-refractivity contribution in [1.29, 1.82) is 0 Å². The van der Waals surface area contributed by atoms with Crippen LogP contribution in [-0.2, 0) is 11.2 Å². The number of hydrogen-bond donors (Lipinski definition) is 2. The number of nitrogens with one attached hydrogen (secondary N) is 1.